The predicted molar refractivity (Wildman–Crippen MR) is 269 cm³/mol. The molecule has 0 bridgehead atoms. The molecule has 0 aromatic carbocycles. The second kappa shape index (κ2) is 44.4. The number of phosphoric acid groups is 1. The summed E-state index contributed by atoms with van der Waals surface area (Å²) in [6.45, 7) is 4.46. The maximum Gasteiger partial charge on any atom is 0.268 e. The van der Waals surface area contributed by atoms with Crippen LogP contribution in [0.25, 0.3) is 0 Å². The van der Waals surface area contributed by atoms with Crippen LogP contribution in [0.1, 0.15) is 174 Å². The molecule has 0 aromatic heterocycles. The van der Waals surface area contributed by atoms with Crippen molar-refractivity contribution in [1.29, 1.82) is 0 Å². The monoisotopic (exact) mass is 897 g/mol. The van der Waals surface area contributed by atoms with Crippen molar-refractivity contribution in [3.05, 3.63) is 109 Å². The van der Waals surface area contributed by atoms with E-state index in [1.165, 1.54) is 51.4 Å². The number of phosphoric ester groups is 1. The number of amides is 1. The van der Waals surface area contributed by atoms with Gasteiger partial charge in [0, 0.05) is 6.42 Å². The number of rotatable bonds is 43. The number of nitrogens with zero attached hydrogens (tertiary/aromatic N) is 1. The molecule has 2 N–H and O–H groups in total. The van der Waals surface area contributed by atoms with Gasteiger partial charge in [-0.3, -0.25) is 9.36 Å². The SMILES string of the molecule is CC/C=C\C/C=C\C/C=C\C/C=C\C/C=C\C/C=C\C/C=C\CCCCCCCC(=O)NC(COP(=O)([O-])OCC[N+](C)(C)C)C(O)/C=C/CC/C=C/CCCCCCCCCC. The normalized spacial score (nSPS) is 15.1. The second-order valence-electron chi connectivity index (χ2n) is 17.4. The number of carbonyl (C=O) groups is 1. The number of hydrogen-bond acceptors (Lipinski definition) is 6. The minimum Gasteiger partial charge on any atom is -0.756 e. The van der Waals surface area contributed by atoms with E-state index in [9.17, 15) is 19.4 Å². The zero-order chi connectivity index (χ0) is 46.4. The summed E-state index contributed by atoms with van der Waals surface area (Å²) in [5.74, 6) is -0.232. The molecule has 360 valence electrons. The summed E-state index contributed by atoms with van der Waals surface area (Å²) in [7, 11) is 1.21. The first-order valence-electron chi connectivity index (χ1n) is 24.7. The molecule has 0 saturated carbocycles. The minimum atomic E-state index is -4.61. The number of aliphatic hydroxyl groups excluding tert-OH is 1. The topological polar surface area (TPSA) is 108 Å². The van der Waals surface area contributed by atoms with Crippen LogP contribution in [0.3, 0.4) is 0 Å². The van der Waals surface area contributed by atoms with Gasteiger partial charge in [0.1, 0.15) is 13.2 Å². The highest BCUT2D eigenvalue weighted by molar-refractivity contribution is 7.45. The van der Waals surface area contributed by atoms with Crippen LogP contribution < -0.4 is 10.2 Å². The number of carbonyl (C=O) groups excluding carboxylic acids is 1. The van der Waals surface area contributed by atoms with Crippen LogP contribution in [0.15, 0.2) is 109 Å². The third-order valence-electron chi connectivity index (χ3n) is 10.2. The Bertz CT molecular complexity index is 1390. The van der Waals surface area contributed by atoms with Gasteiger partial charge in [0.15, 0.2) is 0 Å². The van der Waals surface area contributed by atoms with Crippen molar-refractivity contribution in [2.45, 2.75) is 187 Å². The van der Waals surface area contributed by atoms with Crippen LogP contribution >= 0.6 is 7.82 Å². The van der Waals surface area contributed by atoms with Crippen LogP contribution in [0.2, 0.25) is 0 Å². The lowest BCUT2D eigenvalue weighted by Gasteiger charge is -2.29. The molecule has 0 spiro atoms. The molecular formula is C54H93N2O6P. The third kappa shape index (κ3) is 47.0. The summed E-state index contributed by atoms with van der Waals surface area (Å²) >= 11 is 0. The molecule has 63 heavy (non-hydrogen) atoms. The van der Waals surface area contributed by atoms with E-state index in [0.29, 0.717) is 17.4 Å². The van der Waals surface area contributed by atoms with Gasteiger partial charge in [-0.1, -0.05) is 187 Å². The molecule has 0 aromatic rings. The number of nitrogens with one attached hydrogen (secondary N) is 1. The van der Waals surface area contributed by atoms with E-state index in [-0.39, 0.29) is 12.5 Å². The number of likely N-dealkylation sites (N-methyl/N-ethyl adjacent to an activating group) is 1. The summed E-state index contributed by atoms with van der Waals surface area (Å²) in [4.78, 5) is 25.4. The van der Waals surface area contributed by atoms with Crippen LogP contribution in [0, 0.1) is 0 Å². The second-order valence-corrected chi connectivity index (χ2v) is 18.8. The smallest absolute Gasteiger partial charge is 0.268 e. The fraction of sp³-hybridized carbons (Fsp3) is 0.648. The highest BCUT2D eigenvalue weighted by Crippen LogP contribution is 2.38. The molecule has 0 fully saturated rings. The predicted octanol–water partition coefficient (Wildman–Crippen LogP) is 13.8. The number of quaternary nitrogens is 1. The molecule has 8 nitrogen and oxygen atoms in total. The summed E-state index contributed by atoms with van der Waals surface area (Å²) < 4.78 is 23.2. The Labute approximate surface area is 387 Å². The van der Waals surface area contributed by atoms with Crippen LogP contribution in [0.5, 0.6) is 0 Å². The number of hydrogen-bond donors (Lipinski definition) is 2. The van der Waals surface area contributed by atoms with Gasteiger partial charge in [-0.05, 0) is 89.9 Å². The van der Waals surface area contributed by atoms with Gasteiger partial charge in [-0.2, -0.15) is 0 Å². The first kappa shape index (κ1) is 60.2. The molecule has 0 heterocycles. The van der Waals surface area contributed by atoms with Crippen molar-refractivity contribution in [3.8, 4) is 0 Å². The number of aliphatic hydroxyl groups is 1. The Morgan fingerprint density at radius 1 is 0.571 bits per heavy atom. The molecule has 0 aliphatic rings. The lowest BCUT2D eigenvalue weighted by Crippen LogP contribution is -2.45. The summed E-state index contributed by atoms with van der Waals surface area (Å²) in [5, 5.41) is 13.8. The van der Waals surface area contributed by atoms with E-state index in [2.05, 4.69) is 116 Å². The average Bonchev–Trinajstić information content (AvgIpc) is 3.24. The quantitative estimate of drug-likeness (QED) is 0.0273. The summed E-state index contributed by atoms with van der Waals surface area (Å²) in [6.07, 6.45) is 64.3. The van der Waals surface area contributed by atoms with E-state index >= 15 is 0 Å². The molecule has 3 atom stereocenters. The third-order valence-corrected chi connectivity index (χ3v) is 11.2. The lowest BCUT2D eigenvalue weighted by molar-refractivity contribution is -0.870. The lowest BCUT2D eigenvalue weighted by atomic mass is 10.1. The van der Waals surface area contributed by atoms with Gasteiger partial charge < -0.3 is 28.8 Å². The Kier molecular flexibility index (Phi) is 42.4. The Balaban J connectivity index is 4.40. The fourth-order valence-corrected chi connectivity index (χ4v) is 7.05. The van der Waals surface area contributed by atoms with E-state index < -0.39 is 26.6 Å². The highest BCUT2D eigenvalue weighted by Gasteiger charge is 2.23. The van der Waals surface area contributed by atoms with Crippen molar-refractivity contribution in [3.63, 3.8) is 0 Å². The van der Waals surface area contributed by atoms with Gasteiger partial charge in [0.25, 0.3) is 7.82 Å². The van der Waals surface area contributed by atoms with Crippen molar-refractivity contribution < 1.29 is 32.9 Å². The van der Waals surface area contributed by atoms with Gasteiger partial charge in [-0.25, -0.2) is 0 Å². The van der Waals surface area contributed by atoms with Crippen LogP contribution in [-0.4, -0.2) is 68.5 Å². The molecular weight excluding hydrogens is 804 g/mol. The van der Waals surface area contributed by atoms with E-state index in [4.69, 9.17) is 9.05 Å². The zero-order valence-electron chi connectivity index (χ0n) is 40.7. The molecule has 0 rings (SSSR count). The van der Waals surface area contributed by atoms with Gasteiger partial charge >= 0.3 is 0 Å². The van der Waals surface area contributed by atoms with E-state index in [0.717, 1.165) is 103 Å². The minimum absolute atomic E-state index is 0.0169. The average molecular weight is 897 g/mol. The van der Waals surface area contributed by atoms with Crippen LogP contribution in [-0.2, 0) is 18.4 Å². The van der Waals surface area contributed by atoms with Gasteiger partial charge in [0.2, 0.25) is 5.91 Å². The fourth-order valence-electron chi connectivity index (χ4n) is 6.32. The largest absolute Gasteiger partial charge is 0.756 e. The molecule has 9 heteroatoms. The van der Waals surface area contributed by atoms with Crippen molar-refractivity contribution in [2.75, 3.05) is 40.9 Å². The molecule has 0 aliphatic carbocycles. The van der Waals surface area contributed by atoms with Crippen molar-refractivity contribution in [2.24, 2.45) is 0 Å². The first-order chi connectivity index (χ1) is 30.5. The van der Waals surface area contributed by atoms with Crippen molar-refractivity contribution in [1.82, 2.24) is 5.32 Å². The standard InChI is InChI=1S/C54H93N2O6P/c1-6-8-10-12-14-16-18-20-22-23-24-25-26-27-28-29-30-31-32-33-34-36-38-40-42-44-46-48-54(58)55-52(51-62-63(59,60)61-50-49-56(3,4)5)53(57)47-45-43-41-39-37-35-21-19-17-15-13-11-9-7-2/h8,10,14,16,20,22,24-25,27-28,30-31,33-34,37,39,45,47,52-53,57H,6-7,9,11-13,15,17-19,21,23,26,29,32,35-36,38,40-44,46,48-51H2,1-5H3,(H-,55,58,59,60)/b10-8-,16-14-,22-20-,25-24-,28-27-,31-30-,34-33-,39-37+,47-45+. The van der Waals surface area contributed by atoms with Gasteiger partial charge in [-0.15, -0.1) is 0 Å². The Hall–Kier alpha value is -2.84. The molecule has 3 unspecified atom stereocenters. The highest BCUT2D eigenvalue weighted by atomic mass is 31.2. The number of unbranched alkanes of at least 4 members (excludes halogenated alkanes) is 14. The zero-order valence-corrected chi connectivity index (χ0v) is 41.6. The summed E-state index contributed by atoms with van der Waals surface area (Å²) in [6, 6.07) is -0.921. The maximum atomic E-state index is 12.9. The summed E-state index contributed by atoms with van der Waals surface area (Å²) in [5.41, 5.74) is 0. The first-order valence-corrected chi connectivity index (χ1v) is 26.2. The maximum absolute atomic E-state index is 12.9. The van der Waals surface area contributed by atoms with E-state index in [1.807, 2.05) is 27.2 Å². The Morgan fingerprint density at radius 3 is 1.48 bits per heavy atom. The molecule has 1 amide bonds. The molecule has 0 saturated heterocycles. The molecule has 0 radical (unpaired) electrons. The van der Waals surface area contributed by atoms with Gasteiger partial charge in [0.05, 0.1) is 39.9 Å². The van der Waals surface area contributed by atoms with Crippen molar-refractivity contribution >= 4 is 13.7 Å². The van der Waals surface area contributed by atoms with E-state index in [1.54, 1.807) is 6.08 Å². The Morgan fingerprint density at radius 2 is 0.984 bits per heavy atom. The number of allylic oxidation sites excluding steroid dienone is 17. The molecule has 0 aliphatic heterocycles. The van der Waals surface area contributed by atoms with Crippen LogP contribution in [0.4, 0.5) is 0 Å².